The molecule has 12 heteroatoms. The maximum Gasteiger partial charge on any atom is 0.407 e. The number of hydrogen-bond acceptors (Lipinski definition) is 7. The normalized spacial score (nSPS) is 12.7. The van der Waals surface area contributed by atoms with Crippen LogP contribution in [0.2, 0.25) is 0 Å². The molecule has 10 nitrogen and oxygen atoms in total. The third-order valence-electron chi connectivity index (χ3n) is 3.77. The van der Waals surface area contributed by atoms with Gasteiger partial charge in [0.15, 0.2) is 0 Å². The van der Waals surface area contributed by atoms with E-state index in [1.165, 1.54) is 6.26 Å². The molecule has 0 bridgehead atoms. The van der Waals surface area contributed by atoms with Crippen molar-refractivity contribution in [3.63, 3.8) is 0 Å². The van der Waals surface area contributed by atoms with Crippen molar-refractivity contribution in [2.45, 2.75) is 46.6 Å². The summed E-state index contributed by atoms with van der Waals surface area (Å²) in [5, 5.41) is 2.76. The van der Waals surface area contributed by atoms with E-state index in [0.29, 0.717) is 19.3 Å². The number of carbonyl (C=O) groups is 1. The number of likely N-dealkylation sites (N-methyl/N-ethyl adjacent to an activating group) is 1. The Kier molecular flexibility index (Phi) is 13.1. The van der Waals surface area contributed by atoms with Gasteiger partial charge < -0.3 is 19.1 Å². The molecule has 0 aromatic heterocycles. The van der Waals surface area contributed by atoms with Gasteiger partial charge in [-0.2, -0.15) is 0 Å². The molecule has 1 amide bonds. The van der Waals surface area contributed by atoms with E-state index in [9.17, 15) is 13.2 Å². The highest BCUT2D eigenvalue weighted by Crippen LogP contribution is 2.08. The summed E-state index contributed by atoms with van der Waals surface area (Å²) in [4.78, 5) is 11.6. The van der Waals surface area contributed by atoms with Crippen molar-refractivity contribution >= 4 is 26.2 Å². The van der Waals surface area contributed by atoms with Crippen LogP contribution in [0.4, 0.5) is 4.79 Å². The van der Waals surface area contributed by atoms with Crippen LogP contribution in [0.15, 0.2) is 0 Å². The van der Waals surface area contributed by atoms with Crippen molar-refractivity contribution < 1.29 is 35.4 Å². The molecule has 0 aromatic rings. The van der Waals surface area contributed by atoms with E-state index < -0.39 is 31.8 Å². The van der Waals surface area contributed by atoms with Crippen molar-refractivity contribution in [1.29, 1.82) is 0 Å². The van der Waals surface area contributed by atoms with Crippen molar-refractivity contribution in [3.8, 4) is 0 Å². The maximum atomic E-state index is 11.6. The second-order valence-corrected chi connectivity index (χ2v) is 10.8. The first-order valence-electron chi connectivity index (χ1n) is 9.10. The summed E-state index contributed by atoms with van der Waals surface area (Å²) in [6.45, 7) is 14.2. The largest absolute Gasteiger partial charge is 0.748 e. The molecule has 0 fully saturated rings. The fourth-order valence-corrected chi connectivity index (χ4v) is 2.82. The number of alkyl carbamates (subject to hydrolysis) is 1. The summed E-state index contributed by atoms with van der Waals surface area (Å²) in [5.41, 5.74) is -0.492. The molecule has 0 saturated heterocycles. The predicted molar refractivity (Wildman–Crippen MR) is 108 cm³/mol. The van der Waals surface area contributed by atoms with Gasteiger partial charge in [0, 0.05) is 19.2 Å². The van der Waals surface area contributed by atoms with E-state index in [2.05, 4.69) is 23.9 Å². The summed E-state index contributed by atoms with van der Waals surface area (Å²) >= 11 is 0. The average molecular weight is 448 g/mol. The van der Waals surface area contributed by atoms with E-state index in [0.717, 1.165) is 37.1 Å². The summed E-state index contributed by atoms with van der Waals surface area (Å²) in [6.07, 6.45) is 2.19. The van der Waals surface area contributed by atoms with Crippen molar-refractivity contribution in [3.05, 3.63) is 0 Å². The molecule has 0 rings (SSSR count). The molecule has 28 heavy (non-hydrogen) atoms. The van der Waals surface area contributed by atoms with Gasteiger partial charge in [0.1, 0.15) is 5.60 Å². The number of rotatable bonds is 10. The van der Waals surface area contributed by atoms with Gasteiger partial charge in [0.05, 0.1) is 49.1 Å². The van der Waals surface area contributed by atoms with E-state index >= 15 is 0 Å². The molecule has 0 heterocycles. The first-order valence-corrected chi connectivity index (χ1v) is 12.8. The highest BCUT2D eigenvalue weighted by Gasteiger charge is 2.23. The minimum atomic E-state index is -3.92. The molecule has 0 radical (unpaired) electrons. The highest BCUT2D eigenvalue weighted by atomic mass is 32.2. The Bertz CT molecular complexity index is 644. The molecule has 2 N–H and O–H groups in total. The second-order valence-electron chi connectivity index (χ2n) is 7.57. The number of quaternary nitrogens is 1. The topological polar surface area (TPSA) is 142 Å². The van der Waals surface area contributed by atoms with Gasteiger partial charge in [-0.1, -0.05) is 0 Å². The fraction of sp³-hybridized carbons (Fsp3) is 0.938. The summed E-state index contributed by atoms with van der Waals surface area (Å²) in [7, 11) is -7.07. The Morgan fingerprint density at radius 1 is 1.00 bits per heavy atom. The number of ether oxygens (including phenoxy) is 1. The molecule has 0 aliphatic rings. The summed E-state index contributed by atoms with van der Waals surface area (Å²) in [6, 6.07) is 0. The monoisotopic (exact) mass is 447 g/mol. The van der Waals surface area contributed by atoms with Crippen LogP contribution in [0.5, 0.6) is 0 Å². The van der Waals surface area contributed by atoms with Crippen LogP contribution in [0.25, 0.3) is 0 Å². The Hall–Kier alpha value is -0.950. The van der Waals surface area contributed by atoms with Crippen molar-refractivity contribution in [2.75, 3.05) is 51.8 Å². The van der Waals surface area contributed by atoms with E-state index in [-0.39, 0.29) is 0 Å². The molecule has 0 aromatic carbocycles. The Balaban J connectivity index is 0. The van der Waals surface area contributed by atoms with Gasteiger partial charge in [-0.15, -0.1) is 0 Å². The second kappa shape index (κ2) is 12.6. The van der Waals surface area contributed by atoms with Crippen molar-refractivity contribution in [1.82, 2.24) is 10.0 Å². The number of amides is 1. The summed E-state index contributed by atoms with van der Waals surface area (Å²) < 4.78 is 58.1. The Morgan fingerprint density at radius 2 is 1.46 bits per heavy atom. The molecule has 170 valence electrons. The SMILES string of the molecule is CC[N+](CC)(CCCNC(=O)OC(C)(C)C)CCNS(C)(=O)=O.CS(=O)(=O)[O-]. The Morgan fingerprint density at radius 3 is 1.82 bits per heavy atom. The minimum Gasteiger partial charge on any atom is -0.748 e. The van der Waals surface area contributed by atoms with Crippen LogP contribution in [0.3, 0.4) is 0 Å². The van der Waals surface area contributed by atoms with Crippen molar-refractivity contribution in [2.24, 2.45) is 0 Å². The molecule has 0 spiro atoms. The lowest BCUT2D eigenvalue weighted by Crippen LogP contribution is -2.52. The molecule has 0 atom stereocenters. The fourth-order valence-electron chi connectivity index (χ4n) is 2.36. The lowest BCUT2D eigenvalue weighted by Gasteiger charge is -2.37. The molecule has 0 aliphatic carbocycles. The lowest BCUT2D eigenvalue weighted by atomic mass is 10.2. The van der Waals surface area contributed by atoms with Gasteiger partial charge in [-0.3, -0.25) is 0 Å². The van der Waals surface area contributed by atoms with Crippen LogP contribution in [0.1, 0.15) is 41.0 Å². The molecule has 0 unspecified atom stereocenters. The minimum absolute atomic E-state index is 0.401. The van der Waals surface area contributed by atoms with Crippen LogP contribution < -0.4 is 10.0 Å². The predicted octanol–water partition coefficient (Wildman–Crippen LogP) is 0.468. The number of hydrogen-bond donors (Lipinski definition) is 2. The third-order valence-corrected chi connectivity index (χ3v) is 4.50. The smallest absolute Gasteiger partial charge is 0.407 e. The van der Waals surface area contributed by atoms with E-state index in [4.69, 9.17) is 17.7 Å². The summed E-state index contributed by atoms with van der Waals surface area (Å²) in [5.74, 6) is 0. The Labute approximate surface area is 170 Å². The van der Waals surface area contributed by atoms with Gasteiger partial charge in [-0.25, -0.2) is 26.4 Å². The lowest BCUT2D eigenvalue weighted by molar-refractivity contribution is -0.923. The molecular weight excluding hydrogens is 410 g/mol. The van der Waals surface area contributed by atoms with Gasteiger partial charge in [-0.05, 0) is 34.6 Å². The van der Waals surface area contributed by atoms with Crippen LogP contribution >= 0.6 is 0 Å². The standard InChI is InChI=1S/C15H33N3O4S.CH4O3S/c1-7-18(8-2,13-11-17-23(6,20)21)12-9-10-16-14(19)22-15(3,4)5;1-5(2,3)4/h17H,7-13H2,1-6H3;1H3,(H,2,3,4). The van der Waals surface area contributed by atoms with Crippen LogP contribution in [-0.4, -0.2) is 89.3 Å². The number of nitrogens with one attached hydrogen (secondary N) is 2. The van der Waals surface area contributed by atoms with Gasteiger partial charge >= 0.3 is 6.09 Å². The van der Waals surface area contributed by atoms with E-state index in [1.807, 2.05) is 20.8 Å². The maximum absolute atomic E-state index is 11.6. The quantitative estimate of drug-likeness (QED) is 0.281. The zero-order valence-corrected chi connectivity index (χ0v) is 19.7. The number of sulfonamides is 1. The zero-order chi connectivity index (χ0) is 22.6. The van der Waals surface area contributed by atoms with Crippen LogP contribution in [0, 0.1) is 0 Å². The first kappa shape index (κ1) is 29.3. The molecule has 0 saturated carbocycles. The third kappa shape index (κ3) is 21.4. The van der Waals surface area contributed by atoms with Gasteiger partial charge in [0.2, 0.25) is 10.0 Å². The highest BCUT2D eigenvalue weighted by molar-refractivity contribution is 7.88. The molecular formula is C16H37N3O7S2. The number of carbonyl (C=O) groups excluding carboxylic acids is 1. The van der Waals surface area contributed by atoms with E-state index in [1.54, 1.807) is 0 Å². The zero-order valence-electron chi connectivity index (χ0n) is 18.1. The number of nitrogens with zero attached hydrogens (tertiary/aromatic N) is 1. The average Bonchev–Trinajstić information content (AvgIpc) is 2.45. The van der Waals surface area contributed by atoms with Gasteiger partial charge in [0.25, 0.3) is 0 Å². The molecule has 0 aliphatic heterocycles. The van der Waals surface area contributed by atoms with Crippen LogP contribution in [-0.2, 0) is 24.9 Å². The first-order chi connectivity index (χ1) is 12.4.